The van der Waals surface area contributed by atoms with Crippen molar-refractivity contribution in [2.45, 2.75) is 50.1 Å². The molecule has 0 spiro atoms. The zero-order valence-electron chi connectivity index (χ0n) is 16.0. The highest BCUT2D eigenvalue weighted by Gasteiger charge is 2.54. The topological polar surface area (TPSA) is 85.1 Å². The Labute approximate surface area is 164 Å². The average Bonchev–Trinajstić information content (AvgIpc) is 3.33. The predicted molar refractivity (Wildman–Crippen MR) is 102 cm³/mol. The van der Waals surface area contributed by atoms with E-state index in [1.54, 1.807) is 0 Å². The minimum atomic E-state index is -0.340. The lowest BCUT2D eigenvalue weighted by molar-refractivity contribution is -0.136. The Morgan fingerprint density at radius 1 is 1.07 bits per heavy atom. The van der Waals surface area contributed by atoms with E-state index in [1.165, 1.54) is 18.4 Å². The molecule has 2 bridgehead atoms. The fourth-order valence-electron chi connectivity index (χ4n) is 5.70. The van der Waals surface area contributed by atoms with Crippen LogP contribution in [0.3, 0.4) is 0 Å². The second-order valence-electron chi connectivity index (χ2n) is 8.44. The van der Waals surface area contributed by atoms with Crippen LogP contribution in [0, 0.1) is 5.92 Å². The molecule has 7 heteroatoms. The van der Waals surface area contributed by atoms with Crippen molar-refractivity contribution in [3.8, 4) is 11.5 Å². The molecule has 4 fully saturated rings. The van der Waals surface area contributed by atoms with E-state index in [0.717, 1.165) is 31.1 Å². The maximum atomic E-state index is 13.0. The van der Waals surface area contributed by atoms with Gasteiger partial charge in [-0.25, -0.2) is 0 Å². The summed E-state index contributed by atoms with van der Waals surface area (Å²) in [6, 6.07) is 6.85. The van der Waals surface area contributed by atoms with Crippen molar-refractivity contribution in [1.82, 2.24) is 9.80 Å². The first-order chi connectivity index (χ1) is 13.6. The molecule has 0 unspecified atom stereocenters. The molecule has 0 aromatic heterocycles. The van der Waals surface area contributed by atoms with E-state index in [2.05, 4.69) is 21.9 Å². The summed E-state index contributed by atoms with van der Waals surface area (Å²) in [7, 11) is 0. The van der Waals surface area contributed by atoms with Gasteiger partial charge in [0.25, 0.3) is 0 Å². The first-order valence-electron chi connectivity index (χ1n) is 10.3. The Balaban J connectivity index is 1.41. The molecule has 0 aliphatic carbocycles. The Bertz CT molecular complexity index is 790. The Hall–Kier alpha value is -2.28. The number of nitrogens with zero attached hydrogens (tertiary/aromatic N) is 2. The fraction of sp³-hybridized carbons (Fsp3) is 0.619. The smallest absolute Gasteiger partial charge is 0.231 e. The molecule has 5 aliphatic rings. The lowest BCUT2D eigenvalue weighted by Gasteiger charge is -2.51. The molecular formula is C21H27N3O4. The van der Waals surface area contributed by atoms with Crippen molar-refractivity contribution < 1.29 is 19.1 Å². The SMILES string of the molecule is NC(=O)CCCC(=O)N1C[C@@H](c2ccc3c(c2)OCO3)[C@@H]2[C@H]1C1CCN2CC1. The number of amides is 2. The van der Waals surface area contributed by atoms with E-state index in [1.807, 2.05) is 6.07 Å². The number of hydrogen-bond acceptors (Lipinski definition) is 5. The number of benzene rings is 1. The standard InChI is InChI=1S/C21H27N3O4/c22-18(25)2-1-3-19(26)24-11-15(14-4-5-16-17(10-14)28-12-27-16)21-20(24)13-6-8-23(21)9-7-13/h4-5,10,13,15,20-21H,1-3,6-9,11-12H2,(H2,22,25)/t15-,20+,21+/m0/s1. The number of primary amides is 1. The molecule has 5 heterocycles. The quantitative estimate of drug-likeness (QED) is 0.829. The van der Waals surface area contributed by atoms with Gasteiger partial charge in [0.05, 0.1) is 6.04 Å². The summed E-state index contributed by atoms with van der Waals surface area (Å²) in [5.41, 5.74) is 6.46. The van der Waals surface area contributed by atoms with Gasteiger partial charge in [-0.1, -0.05) is 6.07 Å². The summed E-state index contributed by atoms with van der Waals surface area (Å²) in [6.45, 7) is 3.25. The zero-order valence-corrected chi connectivity index (χ0v) is 16.0. The van der Waals surface area contributed by atoms with Crippen LogP contribution >= 0.6 is 0 Å². The summed E-state index contributed by atoms with van der Waals surface area (Å²) in [4.78, 5) is 28.8. The Morgan fingerprint density at radius 2 is 1.86 bits per heavy atom. The monoisotopic (exact) mass is 385 g/mol. The van der Waals surface area contributed by atoms with E-state index in [-0.39, 0.29) is 37.0 Å². The maximum Gasteiger partial charge on any atom is 0.231 e. The number of carbonyl (C=O) groups is 2. The molecule has 0 radical (unpaired) electrons. The lowest BCUT2D eigenvalue weighted by atomic mass is 9.75. The highest BCUT2D eigenvalue weighted by Crippen LogP contribution is 2.48. The third-order valence-electron chi connectivity index (χ3n) is 6.95. The van der Waals surface area contributed by atoms with Crippen molar-refractivity contribution in [3.63, 3.8) is 0 Å². The highest BCUT2D eigenvalue weighted by atomic mass is 16.7. The normalized spacial score (nSPS) is 32.4. The van der Waals surface area contributed by atoms with Gasteiger partial charge in [0.2, 0.25) is 18.6 Å². The van der Waals surface area contributed by atoms with Crippen LogP contribution in [0.1, 0.15) is 43.6 Å². The fourth-order valence-corrected chi connectivity index (χ4v) is 5.70. The molecule has 0 saturated carbocycles. The van der Waals surface area contributed by atoms with E-state index in [0.29, 0.717) is 24.8 Å². The number of rotatable bonds is 5. The number of likely N-dealkylation sites (tertiary alicyclic amines) is 1. The summed E-state index contributed by atoms with van der Waals surface area (Å²) in [5, 5.41) is 0. The average molecular weight is 385 g/mol. The molecule has 28 heavy (non-hydrogen) atoms. The molecule has 1 aromatic carbocycles. The van der Waals surface area contributed by atoms with Gasteiger partial charge in [-0.2, -0.15) is 0 Å². The third kappa shape index (κ3) is 2.92. The van der Waals surface area contributed by atoms with Crippen molar-refractivity contribution in [3.05, 3.63) is 23.8 Å². The molecule has 3 atom stereocenters. The number of hydrogen-bond donors (Lipinski definition) is 1. The van der Waals surface area contributed by atoms with Gasteiger partial charge in [0, 0.05) is 31.3 Å². The largest absolute Gasteiger partial charge is 0.454 e. The molecule has 7 nitrogen and oxygen atoms in total. The molecule has 2 amide bonds. The number of fused-ring (bicyclic) bond motifs is 3. The second kappa shape index (κ2) is 6.95. The van der Waals surface area contributed by atoms with Gasteiger partial charge in [-0.05, 0) is 56.0 Å². The summed E-state index contributed by atoms with van der Waals surface area (Å²) < 4.78 is 11.0. The van der Waals surface area contributed by atoms with Gasteiger partial charge in [-0.15, -0.1) is 0 Å². The van der Waals surface area contributed by atoms with Crippen molar-refractivity contribution >= 4 is 11.8 Å². The van der Waals surface area contributed by atoms with Crippen LogP contribution in [0.15, 0.2) is 18.2 Å². The summed E-state index contributed by atoms with van der Waals surface area (Å²) in [6.07, 6.45) is 3.53. The van der Waals surface area contributed by atoms with Gasteiger partial charge in [0.1, 0.15) is 0 Å². The number of piperidine rings is 3. The number of carbonyl (C=O) groups excluding carboxylic acids is 2. The first kappa shape index (κ1) is 17.8. The van der Waals surface area contributed by atoms with Gasteiger partial charge in [0.15, 0.2) is 11.5 Å². The van der Waals surface area contributed by atoms with Crippen molar-refractivity contribution in [2.24, 2.45) is 11.7 Å². The first-order valence-corrected chi connectivity index (χ1v) is 10.3. The van der Waals surface area contributed by atoms with Crippen LogP contribution in [0.5, 0.6) is 11.5 Å². The number of ether oxygens (including phenoxy) is 2. The second-order valence-corrected chi connectivity index (χ2v) is 8.44. The van der Waals surface area contributed by atoms with Gasteiger partial charge >= 0.3 is 0 Å². The molecule has 4 saturated heterocycles. The zero-order chi connectivity index (χ0) is 19.3. The molecule has 1 aromatic rings. The summed E-state index contributed by atoms with van der Waals surface area (Å²) in [5.74, 6) is 2.28. The van der Waals surface area contributed by atoms with E-state index >= 15 is 0 Å². The van der Waals surface area contributed by atoms with Gasteiger partial charge in [-0.3, -0.25) is 14.5 Å². The van der Waals surface area contributed by atoms with Crippen LogP contribution in [0.4, 0.5) is 0 Å². The predicted octanol–water partition coefficient (Wildman–Crippen LogP) is 1.46. The van der Waals surface area contributed by atoms with Crippen LogP contribution in [-0.2, 0) is 9.59 Å². The third-order valence-corrected chi connectivity index (χ3v) is 6.95. The molecular weight excluding hydrogens is 358 g/mol. The van der Waals surface area contributed by atoms with Crippen molar-refractivity contribution in [1.29, 1.82) is 0 Å². The molecule has 2 N–H and O–H groups in total. The van der Waals surface area contributed by atoms with Crippen LogP contribution in [0.25, 0.3) is 0 Å². The van der Waals surface area contributed by atoms with Gasteiger partial charge < -0.3 is 20.1 Å². The minimum absolute atomic E-state index is 0.160. The number of nitrogens with two attached hydrogens (primary N) is 1. The van der Waals surface area contributed by atoms with Crippen LogP contribution in [0.2, 0.25) is 0 Å². The molecule has 150 valence electrons. The molecule has 5 aliphatic heterocycles. The van der Waals surface area contributed by atoms with E-state index in [4.69, 9.17) is 15.2 Å². The van der Waals surface area contributed by atoms with Crippen LogP contribution < -0.4 is 15.2 Å². The van der Waals surface area contributed by atoms with E-state index < -0.39 is 0 Å². The van der Waals surface area contributed by atoms with Crippen molar-refractivity contribution in [2.75, 3.05) is 26.4 Å². The Kier molecular flexibility index (Phi) is 4.42. The summed E-state index contributed by atoms with van der Waals surface area (Å²) >= 11 is 0. The van der Waals surface area contributed by atoms with E-state index in [9.17, 15) is 9.59 Å². The maximum absolute atomic E-state index is 13.0. The Morgan fingerprint density at radius 3 is 2.64 bits per heavy atom. The molecule has 6 rings (SSSR count). The minimum Gasteiger partial charge on any atom is -0.454 e. The highest BCUT2D eigenvalue weighted by molar-refractivity contribution is 5.79. The lowest BCUT2D eigenvalue weighted by Crippen LogP contribution is -2.60. The van der Waals surface area contributed by atoms with Crippen LogP contribution in [-0.4, -0.2) is 60.1 Å².